The van der Waals surface area contributed by atoms with E-state index >= 15 is 0 Å². The molecular weight excluding hydrogens is 354 g/mol. The highest BCUT2D eigenvalue weighted by atomic mass is 16.5. The number of amides is 1. The van der Waals surface area contributed by atoms with Gasteiger partial charge in [0.2, 0.25) is 5.91 Å². The normalized spacial score (nSPS) is 25.8. The van der Waals surface area contributed by atoms with Gasteiger partial charge in [-0.1, -0.05) is 60.7 Å². The fraction of sp³-hybridized carbons (Fsp3) is 0.391. The van der Waals surface area contributed by atoms with Gasteiger partial charge in [-0.05, 0) is 30.4 Å². The maximum absolute atomic E-state index is 12.7. The molecule has 1 N–H and O–H groups in total. The molecule has 4 atom stereocenters. The van der Waals surface area contributed by atoms with Crippen molar-refractivity contribution in [1.82, 2.24) is 5.32 Å². The third-order valence-electron chi connectivity index (χ3n) is 5.98. The van der Waals surface area contributed by atoms with Crippen LogP contribution in [0.4, 0.5) is 0 Å². The smallest absolute Gasteiger partial charge is 0.226 e. The summed E-state index contributed by atoms with van der Waals surface area (Å²) in [4.78, 5) is 24.2. The van der Waals surface area contributed by atoms with Crippen molar-refractivity contribution in [3.63, 3.8) is 0 Å². The van der Waals surface area contributed by atoms with E-state index in [0.717, 1.165) is 12.8 Å². The molecule has 2 aromatic rings. The lowest BCUT2D eigenvalue weighted by atomic mass is 9.78. The third-order valence-corrected chi connectivity index (χ3v) is 5.98. The zero-order chi connectivity index (χ0) is 19.5. The van der Waals surface area contributed by atoms with E-state index in [1.165, 1.54) is 11.1 Å². The minimum Gasteiger partial charge on any atom is -0.550 e. The monoisotopic (exact) mass is 378 g/mol. The number of hydrogen-bond acceptors (Lipinski definition) is 4. The van der Waals surface area contributed by atoms with Crippen LogP contribution in [0.25, 0.3) is 0 Å². The predicted octanol–water partition coefficient (Wildman–Crippen LogP) is 1.87. The fourth-order valence-corrected chi connectivity index (χ4v) is 4.66. The van der Waals surface area contributed by atoms with Gasteiger partial charge < -0.3 is 20.0 Å². The van der Waals surface area contributed by atoms with Crippen molar-refractivity contribution >= 4 is 11.9 Å². The van der Waals surface area contributed by atoms with Crippen LogP contribution in [0.1, 0.15) is 36.3 Å². The van der Waals surface area contributed by atoms with Crippen molar-refractivity contribution in [2.24, 2.45) is 11.8 Å². The highest BCUT2D eigenvalue weighted by Crippen LogP contribution is 2.43. The Morgan fingerprint density at radius 3 is 2.00 bits per heavy atom. The molecule has 4 rings (SSSR count). The summed E-state index contributed by atoms with van der Waals surface area (Å²) in [5.41, 5.74) is 2.39. The largest absolute Gasteiger partial charge is 0.550 e. The van der Waals surface area contributed by atoms with Crippen LogP contribution in [0.2, 0.25) is 0 Å². The SMILES string of the molecule is O=C(NCCC(c1ccccc1)c1ccccc1)[C@@H]1[C@H](C(=O)[O-])[C@@H]2CC[C@H]1O2. The second-order valence-electron chi connectivity index (χ2n) is 7.61. The molecule has 2 bridgehead atoms. The van der Waals surface area contributed by atoms with E-state index in [4.69, 9.17) is 4.74 Å². The topological polar surface area (TPSA) is 78.5 Å². The van der Waals surface area contributed by atoms with Crippen LogP contribution < -0.4 is 10.4 Å². The summed E-state index contributed by atoms with van der Waals surface area (Å²) in [7, 11) is 0. The van der Waals surface area contributed by atoms with E-state index in [2.05, 4.69) is 29.6 Å². The van der Waals surface area contributed by atoms with Crippen LogP contribution in [0, 0.1) is 11.8 Å². The first-order chi connectivity index (χ1) is 13.6. The molecule has 0 unspecified atom stereocenters. The van der Waals surface area contributed by atoms with Gasteiger partial charge in [0.25, 0.3) is 0 Å². The minimum atomic E-state index is -1.18. The summed E-state index contributed by atoms with van der Waals surface area (Å²) in [5.74, 6) is -2.73. The van der Waals surface area contributed by atoms with Crippen molar-refractivity contribution in [2.45, 2.75) is 37.4 Å². The Morgan fingerprint density at radius 1 is 0.929 bits per heavy atom. The van der Waals surface area contributed by atoms with Gasteiger partial charge in [0, 0.05) is 24.3 Å². The minimum absolute atomic E-state index is 0.163. The van der Waals surface area contributed by atoms with Gasteiger partial charge in [0.15, 0.2) is 0 Å². The van der Waals surface area contributed by atoms with Crippen LogP contribution in [-0.4, -0.2) is 30.6 Å². The van der Waals surface area contributed by atoms with Crippen LogP contribution >= 0.6 is 0 Å². The van der Waals surface area contributed by atoms with Crippen molar-refractivity contribution in [3.8, 4) is 0 Å². The van der Waals surface area contributed by atoms with Gasteiger partial charge in [-0.2, -0.15) is 0 Å². The van der Waals surface area contributed by atoms with Gasteiger partial charge >= 0.3 is 0 Å². The van der Waals surface area contributed by atoms with Crippen LogP contribution in [0.3, 0.4) is 0 Å². The second kappa shape index (κ2) is 8.15. The molecule has 2 aliphatic rings. The lowest BCUT2D eigenvalue weighted by Gasteiger charge is -2.28. The summed E-state index contributed by atoms with van der Waals surface area (Å²) in [6.07, 6.45) is 1.48. The molecule has 28 heavy (non-hydrogen) atoms. The number of ether oxygens (including phenoxy) is 1. The molecule has 2 aliphatic heterocycles. The molecule has 5 nitrogen and oxygen atoms in total. The van der Waals surface area contributed by atoms with Crippen molar-refractivity contribution in [1.29, 1.82) is 0 Å². The maximum atomic E-state index is 12.7. The number of carbonyl (C=O) groups excluding carboxylic acids is 2. The second-order valence-corrected chi connectivity index (χ2v) is 7.61. The molecule has 0 saturated carbocycles. The number of benzene rings is 2. The standard InChI is InChI=1S/C23H25NO4/c25-22(20-18-11-12-19(28-18)21(20)23(26)27)24-14-13-17(15-7-3-1-4-8-15)16-9-5-2-6-10-16/h1-10,17-21H,11-14H2,(H,24,25)(H,26,27)/p-1/t18-,19+,20+,21-/m1/s1. The summed E-state index contributed by atoms with van der Waals surface area (Å²) >= 11 is 0. The van der Waals surface area contributed by atoms with Gasteiger partial charge in [-0.15, -0.1) is 0 Å². The fourth-order valence-electron chi connectivity index (χ4n) is 4.66. The predicted molar refractivity (Wildman–Crippen MR) is 102 cm³/mol. The third kappa shape index (κ3) is 3.67. The van der Waals surface area contributed by atoms with Crippen LogP contribution in [0.15, 0.2) is 60.7 Å². The lowest BCUT2D eigenvalue weighted by Crippen LogP contribution is -2.48. The summed E-state index contributed by atoms with van der Waals surface area (Å²) in [5, 5.41) is 14.4. The highest BCUT2D eigenvalue weighted by molar-refractivity contribution is 5.86. The molecule has 2 saturated heterocycles. The van der Waals surface area contributed by atoms with Gasteiger partial charge in [0.1, 0.15) is 0 Å². The van der Waals surface area contributed by atoms with E-state index in [9.17, 15) is 14.7 Å². The average molecular weight is 378 g/mol. The number of aliphatic carboxylic acids is 1. The Bertz CT molecular complexity index is 784. The first-order valence-electron chi connectivity index (χ1n) is 9.89. The number of rotatable bonds is 7. The van der Waals surface area contributed by atoms with Crippen LogP contribution in [0.5, 0.6) is 0 Å². The number of carboxylic acids is 1. The van der Waals surface area contributed by atoms with E-state index in [1.807, 2.05) is 36.4 Å². The van der Waals surface area contributed by atoms with E-state index in [-0.39, 0.29) is 24.0 Å². The Hall–Kier alpha value is -2.66. The maximum Gasteiger partial charge on any atom is 0.226 e. The zero-order valence-corrected chi connectivity index (χ0v) is 15.6. The number of nitrogens with one attached hydrogen (secondary N) is 1. The van der Waals surface area contributed by atoms with Crippen molar-refractivity contribution in [2.75, 3.05) is 6.54 Å². The molecule has 5 heteroatoms. The van der Waals surface area contributed by atoms with Crippen molar-refractivity contribution < 1.29 is 19.4 Å². The first-order valence-corrected chi connectivity index (χ1v) is 9.89. The van der Waals surface area contributed by atoms with Gasteiger partial charge in [-0.3, -0.25) is 4.79 Å². The van der Waals surface area contributed by atoms with Crippen molar-refractivity contribution in [3.05, 3.63) is 71.8 Å². The molecular formula is C23H24NO4-. The quantitative estimate of drug-likeness (QED) is 0.798. The molecule has 2 aromatic carbocycles. The Morgan fingerprint density at radius 2 is 1.46 bits per heavy atom. The Balaban J connectivity index is 1.42. The zero-order valence-electron chi connectivity index (χ0n) is 15.6. The molecule has 0 aliphatic carbocycles. The molecule has 146 valence electrons. The summed E-state index contributed by atoms with van der Waals surface area (Å²) in [6.45, 7) is 0.473. The van der Waals surface area contributed by atoms with Gasteiger partial charge in [-0.25, -0.2) is 0 Å². The molecule has 0 aromatic heterocycles. The number of carboxylic acid groups (broad SMARTS) is 1. The first kappa shape index (κ1) is 18.7. The highest BCUT2D eigenvalue weighted by Gasteiger charge is 2.52. The number of carbonyl (C=O) groups is 2. The summed E-state index contributed by atoms with van der Waals surface area (Å²) < 4.78 is 5.66. The number of hydrogen-bond donors (Lipinski definition) is 1. The molecule has 2 heterocycles. The average Bonchev–Trinajstić information content (AvgIpc) is 3.34. The molecule has 0 radical (unpaired) electrons. The van der Waals surface area contributed by atoms with E-state index < -0.39 is 17.8 Å². The molecule has 2 fully saturated rings. The van der Waals surface area contributed by atoms with E-state index in [1.54, 1.807) is 0 Å². The summed E-state index contributed by atoms with van der Waals surface area (Å²) in [6, 6.07) is 20.4. The molecule has 1 amide bonds. The van der Waals surface area contributed by atoms with E-state index in [0.29, 0.717) is 13.0 Å². The van der Waals surface area contributed by atoms with Gasteiger partial charge in [0.05, 0.1) is 18.1 Å². The Labute approximate surface area is 164 Å². The Kier molecular flexibility index (Phi) is 5.44. The van der Waals surface area contributed by atoms with Crippen LogP contribution in [-0.2, 0) is 14.3 Å². The lowest BCUT2D eigenvalue weighted by molar-refractivity contribution is -0.314. The molecule has 0 spiro atoms. The number of fused-ring (bicyclic) bond motifs is 2.